The van der Waals surface area contributed by atoms with E-state index in [2.05, 4.69) is 52.2 Å². The molecule has 7 nitrogen and oxygen atoms in total. The van der Waals surface area contributed by atoms with Crippen molar-refractivity contribution in [2.75, 3.05) is 16.8 Å². The first-order chi connectivity index (χ1) is 18.0. The number of amides is 2. The van der Waals surface area contributed by atoms with Gasteiger partial charge >= 0.3 is 0 Å². The van der Waals surface area contributed by atoms with Gasteiger partial charge in [-0.25, -0.2) is 8.42 Å². The Morgan fingerprint density at radius 3 is 2.28 bits per heavy atom. The predicted molar refractivity (Wildman–Crippen MR) is 158 cm³/mol. The van der Waals surface area contributed by atoms with E-state index < -0.39 is 22.0 Å². The van der Waals surface area contributed by atoms with Crippen molar-refractivity contribution in [1.82, 2.24) is 5.32 Å². The third kappa shape index (κ3) is 7.04. The van der Waals surface area contributed by atoms with Crippen molar-refractivity contribution in [3.05, 3.63) is 45.8 Å². The summed E-state index contributed by atoms with van der Waals surface area (Å²) in [6.07, 6.45) is 2.20. The molecule has 214 valence electrons. The zero-order valence-corrected chi connectivity index (χ0v) is 25.8. The van der Waals surface area contributed by atoms with E-state index in [0.29, 0.717) is 28.7 Å². The van der Waals surface area contributed by atoms with Crippen LogP contribution in [0.5, 0.6) is 5.75 Å². The van der Waals surface area contributed by atoms with Crippen LogP contribution >= 0.6 is 11.3 Å². The van der Waals surface area contributed by atoms with Gasteiger partial charge in [0.25, 0.3) is 11.8 Å². The van der Waals surface area contributed by atoms with Gasteiger partial charge in [-0.1, -0.05) is 53.7 Å². The van der Waals surface area contributed by atoms with Gasteiger partial charge in [0.15, 0.2) is 15.9 Å². The molecule has 1 fully saturated rings. The second kappa shape index (κ2) is 10.9. The standard InChI is InChI=1S/C30H42N2O5S2/c1-18(37-22-11-8-19(9-12-22)29(2,3)4)26(33)32-28-25(27(34)31-21-14-15-39(35,36)17-21)23-13-10-20(30(5,6)7)16-24(23)38-28/h8-9,11-12,18,20-21H,10,13-17H2,1-7H3,(H,31,34)(H,32,33). The number of ether oxygens (including phenoxy) is 1. The summed E-state index contributed by atoms with van der Waals surface area (Å²) in [4.78, 5) is 27.9. The number of hydrogen-bond acceptors (Lipinski definition) is 6. The molecule has 0 radical (unpaired) electrons. The van der Waals surface area contributed by atoms with Crippen LogP contribution in [0.1, 0.15) is 87.7 Å². The van der Waals surface area contributed by atoms with Crippen LogP contribution in [-0.2, 0) is 32.9 Å². The molecular weight excluding hydrogens is 532 g/mol. The molecule has 3 atom stereocenters. The van der Waals surface area contributed by atoms with Gasteiger partial charge in [0.1, 0.15) is 10.8 Å². The van der Waals surface area contributed by atoms with Crippen LogP contribution in [0.25, 0.3) is 0 Å². The third-order valence-electron chi connectivity index (χ3n) is 7.92. The Balaban J connectivity index is 1.54. The number of rotatable bonds is 6. The van der Waals surface area contributed by atoms with Gasteiger partial charge in [-0.3, -0.25) is 9.59 Å². The van der Waals surface area contributed by atoms with E-state index in [9.17, 15) is 18.0 Å². The van der Waals surface area contributed by atoms with Crippen LogP contribution in [-0.4, -0.2) is 43.9 Å². The fourth-order valence-electron chi connectivity index (χ4n) is 5.32. The molecular formula is C30H42N2O5S2. The highest BCUT2D eigenvalue weighted by Gasteiger charge is 2.36. The van der Waals surface area contributed by atoms with Crippen molar-refractivity contribution in [2.24, 2.45) is 11.3 Å². The minimum Gasteiger partial charge on any atom is -0.481 e. The number of nitrogens with one attached hydrogen (secondary N) is 2. The lowest BCUT2D eigenvalue weighted by Gasteiger charge is -2.33. The maximum Gasteiger partial charge on any atom is 0.265 e. The summed E-state index contributed by atoms with van der Waals surface area (Å²) in [5, 5.41) is 6.42. The highest BCUT2D eigenvalue weighted by molar-refractivity contribution is 7.91. The summed E-state index contributed by atoms with van der Waals surface area (Å²) < 4.78 is 29.8. The Kier molecular flexibility index (Phi) is 8.26. The zero-order valence-electron chi connectivity index (χ0n) is 24.1. The van der Waals surface area contributed by atoms with Crippen LogP contribution in [0.2, 0.25) is 0 Å². The van der Waals surface area contributed by atoms with E-state index in [1.165, 1.54) is 16.9 Å². The van der Waals surface area contributed by atoms with Crippen LogP contribution in [0.3, 0.4) is 0 Å². The molecule has 4 rings (SSSR count). The molecule has 9 heteroatoms. The first kappa shape index (κ1) is 29.6. The first-order valence-corrected chi connectivity index (χ1v) is 16.4. The summed E-state index contributed by atoms with van der Waals surface area (Å²) in [7, 11) is -3.13. The fraction of sp³-hybridized carbons (Fsp3) is 0.600. The van der Waals surface area contributed by atoms with Crippen LogP contribution < -0.4 is 15.4 Å². The molecule has 3 unspecified atom stereocenters. The predicted octanol–water partition coefficient (Wildman–Crippen LogP) is 5.52. The maximum atomic E-state index is 13.5. The third-order valence-corrected chi connectivity index (χ3v) is 10.9. The zero-order chi connectivity index (χ0) is 28.8. The lowest BCUT2D eigenvalue weighted by Crippen LogP contribution is -2.37. The number of anilines is 1. The Labute approximate surface area is 237 Å². The molecule has 2 N–H and O–H groups in total. The largest absolute Gasteiger partial charge is 0.481 e. The average Bonchev–Trinajstić information content (AvgIpc) is 3.35. The number of fused-ring (bicyclic) bond motifs is 1. The topological polar surface area (TPSA) is 102 Å². The Morgan fingerprint density at radius 1 is 1.05 bits per heavy atom. The molecule has 2 aromatic rings. The number of thiophene rings is 1. The molecule has 2 heterocycles. The number of sulfone groups is 1. The SMILES string of the molecule is CC(Oc1ccc(C(C)(C)C)cc1)C(=O)Nc1sc2c(c1C(=O)NC1CCS(=O)(=O)C1)CCC(C(C)(C)C)C2. The van der Waals surface area contributed by atoms with Crippen molar-refractivity contribution >= 4 is 38.0 Å². The molecule has 2 amide bonds. The summed E-state index contributed by atoms with van der Waals surface area (Å²) >= 11 is 1.46. The van der Waals surface area contributed by atoms with Crippen molar-refractivity contribution in [2.45, 2.75) is 91.7 Å². The van der Waals surface area contributed by atoms with Gasteiger partial charge in [0, 0.05) is 10.9 Å². The Morgan fingerprint density at radius 2 is 1.72 bits per heavy atom. The second-order valence-corrected chi connectivity index (χ2v) is 16.4. The molecule has 39 heavy (non-hydrogen) atoms. The van der Waals surface area contributed by atoms with Gasteiger partial charge in [-0.2, -0.15) is 0 Å². The lowest BCUT2D eigenvalue weighted by molar-refractivity contribution is -0.122. The van der Waals surface area contributed by atoms with Gasteiger partial charge in [0.05, 0.1) is 17.1 Å². The van der Waals surface area contributed by atoms with Crippen LogP contribution in [0.15, 0.2) is 24.3 Å². The molecule has 1 aromatic heterocycles. The van der Waals surface area contributed by atoms with Gasteiger partial charge in [-0.15, -0.1) is 11.3 Å². The average molecular weight is 575 g/mol. The molecule has 0 spiro atoms. The molecule has 1 aromatic carbocycles. The minimum atomic E-state index is -3.13. The first-order valence-electron chi connectivity index (χ1n) is 13.8. The minimum absolute atomic E-state index is 0.0193. The van der Waals surface area contributed by atoms with Gasteiger partial charge in [0.2, 0.25) is 0 Å². The monoisotopic (exact) mass is 574 g/mol. The summed E-state index contributed by atoms with van der Waals surface area (Å²) in [5.74, 6) is 0.467. The van der Waals surface area contributed by atoms with Gasteiger partial charge in [-0.05, 0) is 72.6 Å². The van der Waals surface area contributed by atoms with Crippen LogP contribution in [0, 0.1) is 11.3 Å². The van der Waals surface area contributed by atoms with E-state index in [1.807, 2.05) is 24.3 Å². The quantitative estimate of drug-likeness (QED) is 0.473. The number of hydrogen-bond donors (Lipinski definition) is 2. The maximum absolute atomic E-state index is 13.5. The van der Waals surface area contributed by atoms with E-state index in [4.69, 9.17) is 4.74 Å². The Bertz CT molecular complexity index is 1330. The molecule has 2 aliphatic rings. The van der Waals surface area contributed by atoms with Crippen LogP contribution in [0.4, 0.5) is 5.00 Å². The molecule has 0 bridgehead atoms. The second-order valence-electron chi connectivity index (χ2n) is 13.1. The molecule has 1 aliphatic carbocycles. The Hall–Kier alpha value is -2.39. The highest BCUT2D eigenvalue weighted by atomic mass is 32.2. The smallest absolute Gasteiger partial charge is 0.265 e. The van der Waals surface area contributed by atoms with E-state index in [0.717, 1.165) is 29.7 Å². The molecule has 0 saturated carbocycles. The number of carbonyl (C=O) groups excluding carboxylic acids is 2. The summed E-state index contributed by atoms with van der Waals surface area (Å²) in [6.45, 7) is 14.8. The van der Waals surface area contributed by atoms with E-state index >= 15 is 0 Å². The lowest BCUT2D eigenvalue weighted by atomic mass is 9.72. The van der Waals surface area contributed by atoms with E-state index in [-0.39, 0.29) is 34.2 Å². The fourth-order valence-corrected chi connectivity index (χ4v) is 8.33. The number of carbonyl (C=O) groups is 2. The normalized spacial score (nSPS) is 21.6. The van der Waals surface area contributed by atoms with Crippen molar-refractivity contribution in [1.29, 1.82) is 0 Å². The van der Waals surface area contributed by atoms with Gasteiger partial charge < -0.3 is 15.4 Å². The summed E-state index contributed by atoms with van der Waals surface area (Å²) in [5.41, 5.74) is 2.78. The highest BCUT2D eigenvalue weighted by Crippen LogP contribution is 2.44. The summed E-state index contributed by atoms with van der Waals surface area (Å²) in [6, 6.07) is 7.34. The van der Waals surface area contributed by atoms with Crippen molar-refractivity contribution < 1.29 is 22.7 Å². The molecule has 1 saturated heterocycles. The van der Waals surface area contributed by atoms with E-state index in [1.54, 1.807) is 6.92 Å². The van der Waals surface area contributed by atoms with Crippen molar-refractivity contribution in [3.8, 4) is 5.75 Å². The van der Waals surface area contributed by atoms with Crippen molar-refractivity contribution in [3.63, 3.8) is 0 Å². The molecule has 1 aliphatic heterocycles. The number of benzene rings is 1.